The lowest BCUT2D eigenvalue weighted by Crippen LogP contribution is -2.47. The average Bonchev–Trinajstić information content (AvgIpc) is 2.62. The van der Waals surface area contributed by atoms with Crippen molar-refractivity contribution in [3.63, 3.8) is 0 Å². The van der Waals surface area contributed by atoms with E-state index in [1.807, 2.05) is 38.1 Å². The number of aromatic nitrogens is 2. The van der Waals surface area contributed by atoms with E-state index in [4.69, 9.17) is 21.3 Å². The van der Waals surface area contributed by atoms with Gasteiger partial charge in [-0.15, -0.1) is 0 Å². The Morgan fingerprint density at radius 1 is 1.22 bits per heavy atom. The van der Waals surface area contributed by atoms with E-state index in [-0.39, 0.29) is 17.8 Å². The Morgan fingerprint density at radius 2 is 1.93 bits per heavy atom. The zero-order valence-electron chi connectivity index (χ0n) is 15.7. The Morgan fingerprint density at radius 3 is 2.63 bits per heavy atom. The molecule has 0 amide bonds. The average molecular weight is 389 g/mol. The Bertz CT molecular complexity index is 857. The van der Waals surface area contributed by atoms with Crippen LogP contribution < -0.4 is 10.5 Å². The van der Waals surface area contributed by atoms with Gasteiger partial charge in [-0.25, -0.2) is 4.98 Å². The monoisotopic (exact) mass is 388 g/mol. The summed E-state index contributed by atoms with van der Waals surface area (Å²) in [5.41, 5.74) is 2.91. The number of benzene rings is 1. The number of halogens is 1. The molecule has 1 aromatic carbocycles. The second-order valence-electron chi connectivity index (χ2n) is 7.56. The Labute approximate surface area is 164 Å². The summed E-state index contributed by atoms with van der Waals surface area (Å²) in [5.74, 6) is 0.661. The number of nitrogens with one attached hydrogen (secondary N) is 1. The van der Waals surface area contributed by atoms with Crippen molar-refractivity contribution < 1.29 is 4.74 Å². The molecular weight excluding hydrogens is 364 g/mol. The predicted molar refractivity (Wildman–Crippen MR) is 106 cm³/mol. The number of anilines is 1. The number of fused-ring (bicyclic) bond motifs is 1. The van der Waals surface area contributed by atoms with Crippen molar-refractivity contribution in [3.05, 3.63) is 56.5 Å². The van der Waals surface area contributed by atoms with Crippen LogP contribution in [0.5, 0.6) is 0 Å². The topological polar surface area (TPSA) is 61.5 Å². The van der Waals surface area contributed by atoms with Crippen molar-refractivity contribution in [2.24, 2.45) is 0 Å². The molecule has 0 radical (unpaired) electrons. The smallest absolute Gasteiger partial charge is 0.255 e. The number of hydrogen-bond donors (Lipinski definition) is 1. The van der Waals surface area contributed by atoms with Crippen LogP contribution in [0.2, 0.25) is 5.02 Å². The van der Waals surface area contributed by atoms with Gasteiger partial charge in [0.1, 0.15) is 0 Å². The van der Waals surface area contributed by atoms with Crippen LogP contribution in [0.25, 0.3) is 0 Å². The molecule has 27 heavy (non-hydrogen) atoms. The van der Waals surface area contributed by atoms with E-state index in [1.54, 1.807) is 0 Å². The van der Waals surface area contributed by atoms with Gasteiger partial charge in [0.15, 0.2) is 0 Å². The van der Waals surface area contributed by atoms with E-state index in [2.05, 4.69) is 14.8 Å². The number of rotatable bonds is 3. The van der Waals surface area contributed by atoms with E-state index in [0.717, 1.165) is 48.9 Å². The minimum absolute atomic E-state index is 0.00654. The van der Waals surface area contributed by atoms with Crippen LogP contribution in [-0.4, -0.2) is 46.7 Å². The molecule has 1 fully saturated rings. The van der Waals surface area contributed by atoms with Gasteiger partial charge in [-0.05, 0) is 38.0 Å². The molecule has 0 unspecified atom stereocenters. The molecule has 1 saturated heterocycles. The van der Waals surface area contributed by atoms with Gasteiger partial charge < -0.3 is 9.64 Å². The lowest BCUT2D eigenvalue weighted by molar-refractivity contribution is -0.00576. The highest BCUT2D eigenvalue weighted by Gasteiger charge is 2.26. The molecule has 1 N–H and O–H groups in total. The summed E-state index contributed by atoms with van der Waals surface area (Å²) in [7, 11) is 0. The van der Waals surface area contributed by atoms with Crippen LogP contribution in [-0.2, 0) is 24.2 Å². The first-order chi connectivity index (χ1) is 13.0. The number of H-pyrrole nitrogens is 1. The zero-order valence-corrected chi connectivity index (χ0v) is 16.5. The van der Waals surface area contributed by atoms with E-state index in [0.29, 0.717) is 12.5 Å². The SMILES string of the molecule is C[C@@H]1CN(c2nc3c(c(=O)[nH]2)CCN(Cc2ccc(Cl)cc2)C3)C[C@H](C)O1. The summed E-state index contributed by atoms with van der Waals surface area (Å²) in [6.07, 6.45) is 0.967. The van der Waals surface area contributed by atoms with Crippen LogP contribution >= 0.6 is 11.6 Å². The highest BCUT2D eigenvalue weighted by atomic mass is 35.5. The van der Waals surface area contributed by atoms with Crippen molar-refractivity contribution >= 4 is 17.5 Å². The number of nitrogens with zero attached hydrogens (tertiary/aromatic N) is 3. The van der Waals surface area contributed by atoms with Crippen LogP contribution in [0.3, 0.4) is 0 Å². The largest absolute Gasteiger partial charge is 0.372 e. The predicted octanol–water partition coefficient (Wildman–Crippen LogP) is 2.60. The molecule has 1 aromatic heterocycles. The van der Waals surface area contributed by atoms with E-state index >= 15 is 0 Å². The van der Waals surface area contributed by atoms with Crippen molar-refractivity contribution in [3.8, 4) is 0 Å². The molecule has 144 valence electrons. The summed E-state index contributed by atoms with van der Waals surface area (Å²) >= 11 is 5.98. The molecule has 0 aliphatic carbocycles. The Balaban J connectivity index is 1.54. The van der Waals surface area contributed by atoms with Crippen molar-refractivity contribution in [1.29, 1.82) is 0 Å². The van der Waals surface area contributed by atoms with Gasteiger partial charge in [0.2, 0.25) is 5.95 Å². The molecule has 0 spiro atoms. The highest BCUT2D eigenvalue weighted by molar-refractivity contribution is 6.30. The maximum atomic E-state index is 12.6. The van der Waals surface area contributed by atoms with Crippen molar-refractivity contribution in [2.75, 3.05) is 24.5 Å². The maximum absolute atomic E-state index is 12.6. The first-order valence-electron chi connectivity index (χ1n) is 9.47. The molecule has 4 rings (SSSR count). The van der Waals surface area contributed by atoms with Crippen molar-refractivity contribution in [1.82, 2.24) is 14.9 Å². The second kappa shape index (κ2) is 7.62. The molecule has 2 aliphatic rings. The molecule has 0 bridgehead atoms. The van der Waals surface area contributed by atoms with Gasteiger partial charge in [-0.3, -0.25) is 14.7 Å². The minimum Gasteiger partial charge on any atom is -0.372 e. The quantitative estimate of drug-likeness (QED) is 0.875. The standard InChI is InChI=1S/C20H25ClN4O2/c1-13-9-25(10-14(2)27-13)20-22-18-12-24(8-7-17(18)19(26)23-20)11-15-3-5-16(21)6-4-15/h3-6,13-14H,7-12H2,1-2H3,(H,22,23,26)/t13-,14+. The lowest BCUT2D eigenvalue weighted by Gasteiger charge is -2.36. The highest BCUT2D eigenvalue weighted by Crippen LogP contribution is 2.21. The van der Waals surface area contributed by atoms with Gasteiger partial charge in [0.25, 0.3) is 5.56 Å². The van der Waals surface area contributed by atoms with Gasteiger partial charge >= 0.3 is 0 Å². The molecule has 6 nitrogen and oxygen atoms in total. The van der Waals surface area contributed by atoms with Gasteiger partial charge in [0.05, 0.1) is 17.9 Å². The molecular formula is C20H25ClN4O2. The van der Waals surface area contributed by atoms with Crippen molar-refractivity contribution in [2.45, 2.75) is 45.6 Å². The third kappa shape index (κ3) is 4.18. The van der Waals surface area contributed by atoms with E-state index < -0.39 is 0 Å². The first-order valence-corrected chi connectivity index (χ1v) is 9.85. The summed E-state index contributed by atoms with van der Waals surface area (Å²) in [4.78, 5) is 24.9. The number of aromatic amines is 1. The molecule has 2 atom stereocenters. The Kier molecular flexibility index (Phi) is 5.21. The molecule has 0 saturated carbocycles. The fourth-order valence-corrected chi connectivity index (χ4v) is 4.09. The summed E-state index contributed by atoms with van der Waals surface area (Å²) in [6, 6.07) is 7.92. The van der Waals surface area contributed by atoms with Crippen LogP contribution in [0.15, 0.2) is 29.1 Å². The van der Waals surface area contributed by atoms with Gasteiger partial charge in [-0.2, -0.15) is 0 Å². The van der Waals surface area contributed by atoms with Crippen LogP contribution in [0.4, 0.5) is 5.95 Å². The molecule has 2 aromatic rings. The fraction of sp³-hybridized carbons (Fsp3) is 0.500. The van der Waals surface area contributed by atoms with Gasteiger partial charge in [-0.1, -0.05) is 23.7 Å². The Hall–Kier alpha value is -1.89. The van der Waals surface area contributed by atoms with Crippen LogP contribution in [0.1, 0.15) is 30.7 Å². The molecule has 7 heteroatoms. The zero-order chi connectivity index (χ0) is 19.0. The summed E-state index contributed by atoms with van der Waals surface area (Å²) in [5, 5.41) is 0.745. The van der Waals surface area contributed by atoms with E-state index in [9.17, 15) is 4.79 Å². The lowest BCUT2D eigenvalue weighted by atomic mass is 10.1. The second-order valence-corrected chi connectivity index (χ2v) is 8.00. The summed E-state index contributed by atoms with van der Waals surface area (Å²) in [6.45, 7) is 7.93. The maximum Gasteiger partial charge on any atom is 0.255 e. The number of hydrogen-bond acceptors (Lipinski definition) is 5. The first kappa shape index (κ1) is 18.5. The molecule has 2 aliphatic heterocycles. The summed E-state index contributed by atoms with van der Waals surface area (Å²) < 4.78 is 5.79. The third-order valence-corrected chi connectivity index (χ3v) is 5.43. The van der Waals surface area contributed by atoms with Gasteiger partial charge in [0, 0.05) is 43.3 Å². The fourth-order valence-electron chi connectivity index (χ4n) is 3.96. The molecule has 3 heterocycles. The normalized spacial score (nSPS) is 23.3. The van der Waals surface area contributed by atoms with Crippen LogP contribution in [0, 0.1) is 0 Å². The third-order valence-electron chi connectivity index (χ3n) is 5.18. The van der Waals surface area contributed by atoms with E-state index in [1.165, 1.54) is 5.56 Å². The number of ether oxygens (including phenoxy) is 1. The minimum atomic E-state index is -0.00654. The number of morpholine rings is 1.